The number of ether oxygens (including phenoxy) is 1. The largest absolute Gasteiger partial charge is 0.463 e. The molecule has 1 aromatic heterocycles. The van der Waals surface area contributed by atoms with Gasteiger partial charge >= 0.3 is 12.2 Å². The van der Waals surface area contributed by atoms with Crippen LogP contribution in [0.3, 0.4) is 0 Å². The van der Waals surface area contributed by atoms with Gasteiger partial charge in [0.05, 0.1) is 6.61 Å². The summed E-state index contributed by atoms with van der Waals surface area (Å²) in [5.74, 6) is 0.0703. The zero-order chi connectivity index (χ0) is 15.5. The van der Waals surface area contributed by atoms with E-state index in [2.05, 4.69) is 25.6 Å². The Morgan fingerprint density at radius 1 is 1.14 bits per heavy atom. The van der Waals surface area contributed by atoms with Gasteiger partial charge in [-0.25, -0.2) is 0 Å². The number of aromatic nitrogens is 3. The number of hydrogen-bond donors (Lipinski definition) is 2. The van der Waals surface area contributed by atoms with Gasteiger partial charge in [0.2, 0.25) is 11.9 Å². The lowest BCUT2D eigenvalue weighted by molar-refractivity contribution is -0.151. The first-order valence-electron chi connectivity index (χ1n) is 6.88. The van der Waals surface area contributed by atoms with Crippen molar-refractivity contribution in [2.75, 3.05) is 23.8 Å². The van der Waals surface area contributed by atoms with Crippen LogP contribution < -0.4 is 15.4 Å². The van der Waals surface area contributed by atoms with Crippen LogP contribution in [-0.4, -0.2) is 39.8 Å². The van der Waals surface area contributed by atoms with Crippen LogP contribution in [-0.2, 0) is 0 Å². The fourth-order valence-electron chi connectivity index (χ4n) is 1.73. The second-order valence-electron chi connectivity index (χ2n) is 4.85. The number of nitrogens with zero attached hydrogens (tertiary/aromatic N) is 3. The molecular formula is C12H18F3N5O. The molecule has 0 atom stereocenters. The van der Waals surface area contributed by atoms with Crippen LogP contribution in [0.25, 0.3) is 0 Å². The molecule has 1 heterocycles. The minimum atomic E-state index is -4.33. The SMILES string of the molecule is CCCOc1nc(NCC)nc(NC2(C(F)(F)F)CC2)n1. The van der Waals surface area contributed by atoms with Gasteiger partial charge in [0.1, 0.15) is 5.54 Å². The normalized spacial score (nSPS) is 16.4. The molecule has 0 amide bonds. The first-order valence-corrected chi connectivity index (χ1v) is 6.88. The van der Waals surface area contributed by atoms with E-state index in [-0.39, 0.29) is 30.7 Å². The summed E-state index contributed by atoms with van der Waals surface area (Å²) in [6.45, 7) is 4.68. The maximum atomic E-state index is 13.0. The van der Waals surface area contributed by atoms with E-state index in [9.17, 15) is 13.2 Å². The number of rotatable bonds is 7. The molecule has 0 spiro atoms. The third-order valence-electron chi connectivity index (χ3n) is 3.03. The average Bonchev–Trinajstić information content (AvgIpc) is 3.17. The molecule has 1 aliphatic carbocycles. The van der Waals surface area contributed by atoms with Gasteiger partial charge in [0.15, 0.2) is 0 Å². The van der Waals surface area contributed by atoms with Crippen molar-refractivity contribution in [3.63, 3.8) is 0 Å². The summed E-state index contributed by atoms with van der Waals surface area (Å²) in [5, 5.41) is 5.22. The van der Waals surface area contributed by atoms with Crippen molar-refractivity contribution in [2.24, 2.45) is 0 Å². The van der Waals surface area contributed by atoms with Gasteiger partial charge in [-0.2, -0.15) is 28.1 Å². The number of alkyl halides is 3. The maximum absolute atomic E-state index is 13.0. The summed E-state index contributed by atoms with van der Waals surface area (Å²) < 4.78 is 44.1. The first kappa shape index (κ1) is 15.6. The predicted molar refractivity (Wildman–Crippen MR) is 71.4 cm³/mol. The number of anilines is 2. The van der Waals surface area contributed by atoms with Gasteiger partial charge in [-0.05, 0) is 26.2 Å². The Hall–Kier alpha value is -1.80. The van der Waals surface area contributed by atoms with Gasteiger partial charge in [-0.1, -0.05) is 6.92 Å². The lowest BCUT2D eigenvalue weighted by Gasteiger charge is -2.21. The molecule has 2 N–H and O–H groups in total. The van der Waals surface area contributed by atoms with E-state index >= 15 is 0 Å². The van der Waals surface area contributed by atoms with Crippen molar-refractivity contribution in [1.82, 2.24) is 15.0 Å². The molecule has 1 aliphatic rings. The number of halogens is 3. The van der Waals surface area contributed by atoms with Crippen LogP contribution in [0.15, 0.2) is 0 Å². The van der Waals surface area contributed by atoms with E-state index in [1.165, 1.54) is 0 Å². The quantitative estimate of drug-likeness (QED) is 0.807. The molecule has 9 heteroatoms. The van der Waals surface area contributed by atoms with Crippen molar-refractivity contribution in [3.05, 3.63) is 0 Å². The zero-order valence-corrected chi connectivity index (χ0v) is 11.9. The van der Waals surface area contributed by atoms with E-state index in [0.29, 0.717) is 13.2 Å². The average molecular weight is 305 g/mol. The van der Waals surface area contributed by atoms with Crippen molar-refractivity contribution < 1.29 is 17.9 Å². The fraction of sp³-hybridized carbons (Fsp3) is 0.750. The van der Waals surface area contributed by atoms with E-state index < -0.39 is 11.7 Å². The van der Waals surface area contributed by atoms with Gasteiger partial charge in [-0.3, -0.25) is 0 Å². The summed E-state index contributed by atoms with van der Waals surface area (Å²) in [6.07, 6.45) is -3.55. The van der Waals surface area contributed by atoms with E-state index in [4.69, 9.17) is 4.74 Å². The third-order valence-corrected chi connectivity index (χ3v) is 3.03. The smallest absolute Gasteiger partial charge is 0.411 e. The van der Waals surface area contributed by atoms with Gasteiger partial charge in [0, 0.05) is 6.54 Å². The van der Waals surface area contributed by atoms with Crippen LogP contribution in [0, 0.1) is 0 Å². The third kappa shape index (κ3) is 3.64. The Bertz CT molecular complexity index is 490. The second kappa shape index (κ2) is 5.90. The van der Waals surface area contributed by atoms with Crippen LogP contribution in [0.1, 0.15) is 33.1 Å². The van der Waals surface area contributed by atoms with Crippen LogP contribution in [0.2, 0.25) is 0 Å². The van der Waals surface area contributed by atoms with Gasteiger partial charge < -0.3 is 15.4 Å². The molecule has 1 aromatic rings. The first-order chi connectivity index (χ1) is 9.90. The van der Waals surface area contributed by atoms with Gasteiger partial charge in [-0.15, -0.1) is 0 Å². The van der Waals surface area contributed by atoms with Crippen LogP contribution in [0.4, 0.5) is 25.1 Å². The fourth-order valence-corrected chi connectivity index (χ4v) is 1.73. The molecule has 0 bridgehead atoms. The molecule has 1 fully saturated rings. The van der Waals surface area contributed by atoms with Crippen molar-refractivity contribution >= 4 is 11.9 Å². The molecule has 118 valence electrons. The lowest BCUT2D eigenvalue weighted by Crippen LogP contribution is -2.39. The maximum Gasteiger partial charge on any atom is 0.411 e. The Kier molecular flexibility index (Phi) is 4.38. The van der Waals surface area contributed by atoms with Gasteiger partial charge in [0.25, 0.3) is 0 Å². The van der Waals surface area contributed by atoms with Crippen molar-refractivity contribution in [1.29, 1.82) is 0 Å². The molecular weight excluding hydrogens is 287 g/mol. The summed E-state index contributed by atoms with van der Waals surface area (Å²) >= 11 is 0. The highest BCUT2D eigenvalue weighted by atomic mass is 19.4. The molecule has 0 aliphatic heterocycles. The van der Waals surface area contributed by atoms with E-state index in [1.54, 1.807) is 0 Å². The predicted octanol–water partition coefficient (Wildman–Crippen LogP) is 2.60. The molecule has 0 unspecified atom stereocenters. The number of nitrogens with one attached hydrogen (secondary N) is 2. The highest BCUT2D eigenvalue weighted by molar-refractivity contribution is 5.41. The Balaban J connectivity index is 2.19. The molecule has 6 nitrogen and oxygen atoms in total. The highest BCUT2D eigenvalue weighted by Gasteiger charge is 2.64. The van der Waals surface area contributed by atoms with Crippen LogP contribution in [0.5, 0.6) is 6.01 Å². The van der Waals surface area contributed by atoms with Crippen molar-refractivity contribution in [2.45, 2.75) is 44.8 Å². The number of hydrogen-bond acceptors (Lipinski definition) is 6. The molecule has 2 rings (SSSR count). The highest BCUT2D eigenvalue weighted by Crippen LogP contribution is 2.50. The monoisotopic (exact) mass is 305 g/mol. The Labute approximate surface area is 120 Å². The van der Waals surface area contributed by atoms with Crippen LogP contribution >= 0.6 is 0 Å². The Morgan fingerprint density at radius 3 is 2.33 bits per heavy atom. The molecule has 21 heavy (non-hydrogen) atoms. The topological polar surface area (TPSA) is 72.0 Å². The summed E-state index contributed by atoms with van der Waals surface area (Å²) in [7, 11) is 0. The van der Waals surface area contributed by atoms with Crippen molar-refractivity contribution in [3.8, 4) is 6.01 Å². The molecule has 1 saturated carbocycles. The zero-order valence-electron chi connectivity index (χ0n) is 11.9. The summed E-state index contributed by atoms with van der Waals surface area (Å²) in [5.41, 5.74) is -1.92. The summed E-state index contributed by atoms with van der Waals surface area (Å²) in [6, 6.07) is 0.0169. The molecule has 0 aromatic carbocycles. The Morgan fingerprint density at radius 2 is 1.81 bits per heavy atom. The minimum Gasteiger partial charge on any atom is -0.463 e. The second-order valence-corrected chi connectivity index (χ2v) is 4.85. The van der Waals surface area contributed by atoms with E-state index in [1.807, 2.05) is 13.8 Å². The standard InChI is InChI=1S/C12H18F3N5O/c1-3-7-21-10-18-8(16-4-2)17-9(19-10)20-11(5-6-11)12(13,14)15/h3-7H2,1-2H3,(H2,16,17,18,19,20). The van der Waals surface area contributed by atoms with E-state index in [0.717, 1.165) is 6.42 Å². The molecule has 0 saturated heterocycles. The lowest BCUT2D eigenvalue weighted by atomic mass is 10.3. The summed E-state index contributed by atoms with van der Waals surface area (Å²) in [4.78, 5) is 11.8. The minimum absolute atomic E-state index is 0.0169. The molecule has 0 radical (unpaired) electrons.